The number of aromatic nitrogens is 3. The molecule has 4 nitrogen and oxygen atoms in total. The smallest absolute Gasteiger partial charge is 0.141 e. The monoisotopic (exact) mass is 248 g/mol. The highest BCUT2D eigenvalue weighted by Gasteiger charge is 2.14. The van der Waals surface area contributed by atoms with Crippen LogP contribution in [0.15, 0.2) is 24.4 Å². The molecular weight excluding hydrogens is 231 g/mol. The van der Waals surface area contributed by atoms with Gasteiger partial charge >= 0.3 is 0 Å². The highest BCUT2D eigenvalue weighted by Crippen LogP contribution is 2.16. The van der Waals surface area contributed by atoms with Crippen LogP contribution in [0.5, 0.6) is 0 Å². The van der Waals surface area contributed by atoms with E-state index in [1.54, 1.807) is 6.07 Å². The van der Waals surface area contributed by atoms with Gasteiger partial charge in [-0.25, -0.2) is 4.39 Å². The summed E-state index contributed by atoms with van der Waals surface area (Å²) in [5, 5.41) is 7.51. The van der Waals surface area contributed by atoms with Gasteiger partial charge in [-0.2, -0.15) is 5.10 Å². The molecule has 2 aromatic heterocycles. The van der Waals surface area contributed by atoms with Crippen molar-refractivity contribution in [2.45, 2.75) is 19.4 Å². The summed E-state index contributed by atoms with van der Waals surface area (Å²) in [5.41, 5.74) is 2.95. The zero-order valence-electron chi connectivity index (χ0n) is 10.8. The lowest BCUT2D eigenvalue weighted by Crippen LogP contribution is -2.21. The molecule has 96 valence electrons. The predicted molar refractivity (Wildman–Crippen MR) is 67.6 cm³/mol. The van der Waals surface area contributed by atoms with Crippen molar-refractivity contribution in [1.82, 2.24) is 20.1 Å². The van der Waals surface area contributed by atoms with Crippen LogP contribution in [-0.2, 0) is 13.5 Å². The third kappa shape index (κ3) is 2.73. The van der Waals surface area contributed by atoms with E-state index in [2.05, 4.69) is 15.4 Å². The Morgan fingerprint density at radius 2 is 2.22 bits per heavy atom. The molecule has 5 heteroatoms. The van der Waals surface area contributed by atoms with Gasteiger partial charge in [-0.05, 0) is 32.2 Å². The minimum atomic E-state index is -0.315. The van der Waals surface area contributed by atoms with Gasteiger partial charge in [0, 0.05) is 19.2 Å². The van der Waals surface area contributed by atoms with E-state index in [9.17, 15) is 4.39 Å². The standard InChI is InChI=1S/C13H17FN4/c1-9-6-11(18(3)17-9)7-13(15-2)12-5-4-10(14)8-16-12/h4-6,8,13,15H,7H2,1-3H3. The summed E-state index contributed by atoms with van der Waals surface area (Å²) >= 11 is 0. The van der Waals surface area contributed by atoms with Crippen molar-refractivity contribution in [3.63, 3.8) is 0 Å². The molecule has 0 amide bonds. The quantitative estimate of drug-likeness (QED) is 0.896. The average Bonchev–Trinajstić information content (AvgIpc) is 2.66. The van der Waals surface area contributed by atoms with Crippen molar-refractivity contribution >= 4 is 0 Å². The molecule has 2 rings (SSSR count). The average molecular weight is 248 g/mol. The van der Waals surface area contributed by atoms with E-state index in [1.807, 2.05) is 31.8 Å². The minimum Gasteiger partial charge on any atom is -0.311 e. The highest BCUT2D eigenvalue weighted by atomic mass is 19.1. The number of hydrogen-bond acceptors (Lipinski definition) is 3. The fourth-order valence-corrected chi connectivity index (χ4v) is 2.01. The second-order valence-electron chi connectivity index (χ2n) is 4.35. The van der Waals surface area contributed by atoms with Crippen LogP contribution < -0.4 is 5.32 Å². The molecule has 0 radical (unpaired) electrons. The molecule has 0 saturated carbocycles. The molecule has 0 aliphatic heterocycles. The van der Waals surface area contributed by atoms with Crippen molar-refractivity contribution in [3.05, 3.63) is 47.3 Å². The molecule has 0 aliphatic rings. The van der Waals surface area contributed by atoms with Crippen molar-refractivity contribution in [3.8, 4) is 0 Å². The second kappa shape index (κ2) is 5.27. The van der Waals surface area contributed by atoms with Crippen LogP contribution in [0, 0.1) is 12.7 Å². The van der Waals surface area contributed by atoms with Gasteiger partial charge in [-0.1, -0.05) is 0 Å². The number of nitrogens with one attached hydrogen (secondary N) is 1. The molecule has 2 aromatic rings. The molecule has 0 aliphatic carbocycles. The van der Waals surface area contributed by atoms with E-state index in [0.29, 0.717) is 0 Å². The first-order valence-corrected chi connectivity index (χ1v) is 5.88. The van der Waals surface area contributed by atoms with E-state index in [4.69, 9.17) is 0 Å². The van der Waals surface area contributed by atoms with Crippen LogP contribution in [0.2, 0.25) is 0 Å². The maximum absolute atomic E-state index is 12.9. The number of aryl methyl sites for hydroxylation is 2. The molecule has 1 N–H and O–H groups in total. The van der Waals surface area contributed by atoms with Gasteiger partial charge in [0.2, 0.25) is 0 Å². The maximum Gasteiger partial charge on any atom is 0.141 e. The molecule has 0 aromatic carbocycles. The van der Waals surface area contributed by atoms with Crippen LogP contribution in [0.25, 0.3) is 0 Å². The van der Waals surface area contributed by atoms with Crippen molar-refractivity contribution < 1.29 is 4.39 Å². The molecule has 0 saturated heterocycles. The zero-order valence-corrected chi connectivity index (χ0v) is 10.8. The summed E-state index contributed by atoms with van der Waals surface area (Å²) in [7, 11) is 3.80. The summed E-state index contributed by atoms with van der Waals surface area (Å²) in [6, 6.07) is 5.25. The van der Waals surface area contributed by atoms with Crippen LogP contribution in [0.4, 0.5) is 4.39 Å². The summed E-state index contributed by atoms with van der Waals surface area (Å²) < 4.78 is 14.7. The largest absolute Gasteiger partial charge is 0.311 e. The van der Waals surface area contributed by atoms with E-state index in [-0.39, 0.29) is 11.9 Å². The number of pyridine rings is 1. The molecule has 0 fully saturated rings. The molecule has 1 atom stereocenters. The third-order valence-corrected chi connectivity index (χ3v) is 2.97. The lowest BCUT2D eigenvalue weighted by Gasteiger charge is -2.15. The third-order valence-electron chi connectivity index (χ3n) is 2.97. The number of hydrogen-bond donors (Lipinski definition) is 1. The summed E-state index contributed by atoms with van der Waals surface area (Å²) in [6.45, 7) is 1.97. The fraction of sp³-hybridized carbons (Fsp3) is 0.385. The molecule has 18 heavy (non-hydrogen) atoms. The Bertz CT molecular complexity index is 518. The van der Waals surface area contributed by atoms with E-state index in [0.717, 1.165) is 23.5 Å². The van der Waals surface area contributed by atoms with Crippen LogP contribution >= 0.6 is 0 Å². The SMILES string of the molecule is CNC(Cc1cc(C)nn1C)c1ccc(F)cn1. The second-order valence-corrected chi connectivity index (χ2v) is 4.35. The first kappa shape index (κ1) is 12.7. The maximum atomic E-state index is 12.9. The van der Waals surface area contributed by atoms with Gasteiger partial charge in [0.15, 0.2) is 0 Å². The van der Waals surface area contributed by atoms with Crippen LogP contribution in [0.1, 0.15) is 23.1 Å². The predicted octanol–water partition coefficient (Wildman–Crippen LogP) is 1.77. The Kier molecular flexibility index (Phi) is 3.72. The lowest BCUT2D eigenvalue weighted by molar-refractivity contribution is 0.543. The van der Waals surface area contributed by atoms with E-state index >= 15 is 0 Å². The van der Waals surface area contributed by atoms with Crippen LogP contribution in [-0.4, -0.2) is 21.8 Å². The topological polar surface area (TPSA) is 42.7 Å². The van der Waals surface area contributed by atoms with Gasteiger partial charge in [0.05, 0.1) is 23.6 Å². The van der Waals surface area contributed by atoms with E-state index in [1.165, 1.54) is 12.3 Å². The van der Waals surface area contributed by atoms with Crippen molar-refractivity contribution in [2.24, 2.45) is 7.05 Å². The summed E-state index contributed by atoms with van der Waals surface area (Å²) in [5.74, 6) is -0.315. The molecule has 1 unspecified atom stereocenters. The minimum absolute atomic E-state index is 0.0559. The van der Waals surface area contributed by atoms with Gasteiger partial charge < -0.3 is 5.32 Å². The Labute approximate surface area is 106 Å². The lowest BCUT2D eigenvalue weighted by atomic mass is 10.1. The normalized spacial score (nSPS) is 12.7. The Morgan fingerprint density at radius 1 is 1.44 bits per heavy atom. The molecular formula is C13H17FN4. The van der Waals surface area contributed by atoms with Gasteiger partial charge in [0.1, 0.15) is 5.82 Å². The summed E-state index contributed by atoms with van der Waals surface area (Å²) in [4.78, 5) is 4.11. The number of nitrogens with zero attached hydrogens (tertiary/aromatic N) is 3. The molecule has 0 bridgehead atoms. The van der Waals surface area contributed by atoms with Gasteiger partial charge in [-0.3, -0.25) is 9.67 Å². The number of likely N-dealkylation sites (N-methyl/N-ethyl adjacent to an activating group) is 1. The Morgan fingerprint density at radius 3 is 2.72 bits per heavy atom. The number of rotatable bonds is 4. The molecule has 2 heterocycles. The Balaban J connectivity index is 2.19. The number of halogens is 1. The van der Waals surface area contributed by atoms with Gasteiger partial charge in [0.25, 0.3) is 0 Å². The zero-order chi connectivity index (χ0) is 13.1. The highest BCUT2D eigenvalue weighted by molar-refractivity contribution is 5.16. The first-order chi connectivity index (χ1) is 8.60. The van der Waals surface area contributed by atoms with Gasteiger partial charge in [-0.15, -0.1) is 0 Å². The first-order valence-electron chi connectivity index (χ1n) is 5.88. The molecule has 0 spiro atoms. The van der Waals surface area contributed by atoms with Crippen molar-refractivity contribution in [2.75, 3.05) is 7.05 Å². The van der Waals surface area contributed by atoms with Crippen LogP contribution in [0.3, 0.4) is 0 Å². The van der Waals surface area contributed by atoms with Crippen molar-refractivity contribution in [1.29, 1.82) is 0 Å². The fourth-order valence-electron chi connectivity index (χ4n) is 2.01. The Hall–Kier alpha value is -1.75. The van der Waals surface area contributed by atoms with E-state index < -0.39 is 0 Å². The summed E-state index contributed by atoms with van der Waals surface area (Å²) in [6.07, 6.45) is 2.01.